The van der Waals surface area contributed by atoms with Crippen LogP contribution in [-0.4, -0.2) is 22.3 Å². The van der Waals surface area contributed by atoms with Gasteiger partial charge in [0, 0.05) is 17.1 Å². The summed E-state index contributed by atoms with van der Waals surface area (Å²) < 4.78 is 11.7. The van der Waals surface area contributed by atoms with E-state index in [9.17, 15) is 14.4 Å². The van der Waals surface area contributed by atoms with Crippen molar-refractivity contribution in [2.45, 2.75) is 13.1 Å². The summed E-state index contributed by atoms with van der Waals surface area (Å²) in [5.74, 6) is 0.963. The number of nitrogens with one attached hydrogen (secondary N) is 2. The predicted molar refractivity (Wildman–Crippen MR) is 123 cm³/mol. The van der Waals surface area contributed by atoms with E-state index in [1.807, 2.05) is 12.1 Å². The number of hydrogen-bond donors (Lipinski definition) is 2. The first kappa shape index (κ1) is 20.8. The highest BCUT2D eigenvalue weighted by atomic mass is 35.5. The van der Waals surface area contributed by atoms with Gasteiger partial charge in [-0.2, -0.15) is 0 Å². The number of ether oxygens (including phenoxy) is 2. The summed E-state index contributed by atoms with van der Waals surface area (Å²) >= 11 is 5.91. The molecule has 5 rings (SSSR count). The average Bonchev–Trinajstić information content (AvgIpc) is 3.29. The second-order valence-electron chi connectivity index (χ2n) is 7.58. The first-order valence-electron chi connectivity index (χ1n) is 10.2. The second kappa shape index (κ2) is 8.48. The van der Waals surface area contributed by atoms with Crippen molar-refractivity contribution in [1.82, 2.24) is 14.9 Å². The van der Waals surface area contributed by atoms with Crippen LogP contribution in [0, 0.1) is 0 Å². The lowest BCUT2D eigenvalue weighted by Gasteiger charge is -2.09. The minimum atomic E-state index is -0.526. The van der Waals surface area contributed by atoms with Crippen LogP contribution in [0.3, 0.4) is 0 Å². The van der Waals surface area contributed by atoms with Gasteiger partial charge in [0.05, 0.1) is 17.4 Å². The minimum Gasteiger partial charge on any atom is -0.454 e. The Morgan fingerprint density at radius 2 is 1.73 bits per heavy atom. The van der Waals surface area contributed by atoms with Crippen molar-refractivity contribution in [2.24, 2.45) is 0 Å². The number of aromatic amines is 1. The molecule has 1 amide bonds. The van der Waals surface area contributed by atoms with Gasteiger partial charge in [0.1, 0.15) is 0 Å². The summed E-state index contributed by atoms with van der Waals surface area (Å²) in [6.45, 7) is 0.543. The number of aromatic nitrogens is 2. The molecule has 0 bridgehead atoms. The van der Waals surface area contributed by atoms with Crippen molar-refractivity contribution in [3.63, 3.8) is 0 Å². The number of carbonyl (C=O) groups is 1. The number of halogens is 1. The van der Waals surface area contributed by atoms with Gasteiger partial charge in [0.15, 0.2) is 11.5 Å². The van der Waals surface area contributed by atoms with E-state index in [0.717, 1.165) is 15.7 Å². The number of carbonyl (C=O) groups excluding carboxylic acids is 1. The fourth-order valence-corrected chi connectivity index (χ4v) is 3.77. The highest BCUT2D eigenvalue weighted by Gasteiger charge is 2.15. The zero-order chi connectivity index (χ0) is 22.9. The summed E-state index contributed by atoms with van der Waals surface area (Å²) in [5, 5.41) is 3.65. The molecular weight excluding hydrogens is 446 g/mol. The molecule has 1 aromatic heterocycles. The van der Waals surface area contributed by atoms with E-state index in [0.29, 0.717) is 27.6 Å². The Morgan fingerprint density at radius 1 is 0.970 bits per heavy atom. The van der Waals surface area contributed by atoms with Crippen LogP contribution in [0.4, 0.5) is 0 Å². The third-order valence-corrected chi connectivity index (χ3v) is 5.64. The molecule has 8 nitrogen and oxygen atoms in total. The first-order valence-corrected chi connectivity index (χ1v) is 10.5. The standard InChI is InChI=1S/C24H18ClN3O5/c25-17-5-1-14(2-6-17)12-28-23(30)18-10-16(4-7-19(18)27-24(28)31)22(29)26-11-15-3-8-20-21(9-15)33-13-32-20/h1-10H,11-13H2,(H,26,29)(H,27,31). The van der Waals surface area contributed by atoms with Gasteiger partial charge in [-0.15, -0.1) is 0 Å². The fraction of sp³-hybridized carbons (Fsp3) is 0.125. The summed E-state index contributed by atoms with van der Waals surface area (Å²) in [4.78, 5) is 40.9. The number of nitrogens with zero attached hydrogens (tertiary/aromatic N) is 1. The van der Waals surface area contributed by atoms with Crippen LogP contribution in [0.1, 0.15) is 21.5 Å². The summed E-state index contributed by atoms with van der Waals surface area (Å²) in [5.41, 5.74) is 1.28. The number of rotatable bonds is 5. The largest absolute Gasteiger partial charge is 0.454 e. The van der Waals surface area contributed by atoms with Crippen LogP contribution < -0.4 is 26.0 Å². The number of fused-ring (bicyclic) bond motifs is 2. The maximum Gasteiger partial charge on any atom is 0.329 e. The van der Waals surface area contributed by atoms with Crippen LogP contribution >= 0.6 is 11.6 Å². The zero-order valence-corrected chi connectivity index (χ0v) is 18.0. The van der Waals surface area contributed by atoms with E-state index in [1.54, 1.807) is 42.5 Å². The molecule has 0 fully saturated rings. The van der Waals surface area contributed by atoms with Crippen molar-refractivity contribution in [1.29, 1.82) is 0 Å². The summed E-state index contributed by atoms with van der Waals surface area (Å²) in [7, 11) is 0. The third kappa shape index (κ3) is 4.20. The normalized spacial score (nSPS) is 12.2. The van der Waals surface area contributed by atoms with Crippen LogP contribution in [0.15, 0.2) is 70.3 Å². The molecule has 9 heteroatoms. The Labute approximate surface area is 192 Å². The molecule has 0 saturated carbocycles. The summed E-state index contributed by atoms with van der Waals surface area (Å²) in [6, 6.07) is 16.9. The minimum absolute atomic E-state index is 0.0851. The van der Waals surface area contributed by atoms with Gasteiger partial charge in [0.25, 0.3) is 11.5 Å². The molecular formula is C24H18ClN3O5. The highest BCUT2D eigenvalue weighted by Crippen LogP contribution is 2.32. The van der Waals surface area contributed by atoms with Gasteiger partial charge in [-0.1, -0.05) is 29.8 Å². The highest BCUT2D eigenvalue weighted by molar-refractivity contribution is 6.30. The van der Waals surface area contributed by atoms with Gasteiger partial charge >= 0.3 is 5.69 Å². The van der Waals surface area contributed by atoms with Crippen molar-refractivity contribution in [2.75, 3.05) is 6.79 Å². The average molecular weight is 464 g/mol. The van der Waals surface area contributed by atoms with Gasteiger partial charge < -0.3 is 19.8 Å². The quantitative estimate of drug-likeness (QED) is 0.473. The van der Waals surface area contributed by atoms with E-state index in [4.69, 9.17) is 21.1 Å². The Morgan fingerprint density at radius 3 is 2.55 bits per heavy atom. The lowest BCUT2D eigenvalue weighted by atomic mass is 10.1. The molecule has 0 aliphatic carbocycles. The van der Waals surface area contributed by atoms with Crippen LogP contribution in [-0.2, 0) is 13.1 Å². The molecule has 0 spiro atoms. The molecule has 2 N–H and O–H groups in total. The van der Waals surface area contributed by atoms with Crippen molar-refractivity contribution in [3.8, 4) is 11.5 Å². The molecule has 0 atom stereocenters. The number of H-pyrrole nitrogens is 1. The number of benzene rings is 3. The summed E-state index contributed by atoms with van der Waals surface area (Å²) in [6.07, 6.45) is 0. The molecule has 166 valence electrons. The van der Waals surface area contributed by atoms with Crippen LogP contribution in [0.2, 0.25) is 5.02 Å². The molecule has 1 aliphatic heterocycles. The molecule has 1 aliphatic rings. The zero-order valence-electron chi connectivity index (χ0n) is 17.3. The molecule has 0 unspecified atom stereocenters. The Kier molecular flexibility index (Phi) is 5.35. The second-order valence-corrected chi connectivity index (χ2v) is 8.02. The Balaban J connectivity index is 1.39. The van der Waals surface area contributed by atoms with E-state index in [-0.39, 0.29) is 31.2 Å². The first-order chi connectivity index (χ1) is 16.0. The van der Waals surface area contributed by atoms with E-state index in [2.05, 4.69) is 10.3 Å². The monoisotopic (exact) mass is 463 g/mol. The van der Waals surface area contributed by atoms with E-state index >= 15 is 0 Å². The van der Waals surface area contributed by atoms with Crippen LogP contribution in [0.25, 0.3) is 10.9 Å². The van der Waals surface area contributed by atoms with Crippen molar-refractivity contribution in [3.05, 3.63) is 103 Å². The fourth-order valence-electron chi connectivity index (χ4n) is 3.64. The lowest BCUT2D eigenvalue weighted by Crippen LogP contribution is -2.35. The van der Waals surface area contributed by atoms with E-state index < -0.39 is 11.2 Å². The van der Waals surface area contributed by atoms with Crippen LogP contribution in [0.5, 0.6) is 11.5 Å². The maximum atomic E-state index is 13.0. The third-order valence-electron chi connectivity index (χ3n) is 5.39. The van der Waals surface area contributed by atoms with Crippen molar-refractivity contribution < 1.29 is 14.3 Å². The van der Waals surface area contributed by atoms with E-state index in [1.165, 1.54) is 6.07 Å². The molecule has 0 saturated heterocycles. The molecule has 0 radical (unpaired) electrons. The molecule has 4 aromatic rings. The molecule has 3 aromatic carbocycles. The predicted octanol–water partition coefficient (Wildman–Crippen LogP) is 3.05. The lowest BCUT2D eigenvalue weighted by molar-refractivity contribution is 0.0951. The maximum absolute atomic E-state index is 13.0. The van der Waals surface area contributed by atoms with Gasteiger partial charge in [0.2, 0.25) is 6.79 Å². The molecule has 2 heterocycles. The van der Waals surface area contributed by atoms with Crippen molar-refractivity contribution >= 4 is 28.4 Å². The number of amides is 1. The van der Waals surface area contributed by atoms with Gasteiger partial charge in [-0.05, 0) is 53.6 Å². The smallest absolute Gasteiger partial charge is 0.329 e. The van der Waals surface area contributed by atoms with Gasteiger partial charge in [-0.25, -0.2) is 4.79 Å². The number of hydrogen-bond acceptors (Lipinski definition) is 5. The molecule has 33 heavy (non-hydrogen) atoms. The Hall–Kier alpha value is -4.04. The topological polar surface area (TPSA) is 102 Å². The Bertz CT molecular complexity index is 1490. The van der Waals surface area contributed by atoms with Gasteiger partial charge in [-0.3, -0.25) is 14.2 Å². The SMILES string of the molecule is O=C(NCc1ccc2c(c1)OCO2)c1ccc2[nH]c(=O)n(Cc3ccc(Cl)cc3)c(=O)c2c1.